The molecule has 0 aromatic heterocycles. The van der Waals surface area contributed by atoms with E-state index in [-0.39, 0.29) is 29.3 Å². The molecule has 0 heterocycles. The summed E-state index contributed by atoms with van der Waals surface area (Å²) in [6, 6.07) is 19.6. The third-order valence-corrected chi connectivity index (χ3v) is 5.60. The fraction of sp³-hybridized carbons (Fsp3) is 0.231. The zero-order valence-corrected chi connectivity index (χ0v) is 19.4. The lowest BCUT2D eigenvalue weighted by atomic mass is 9.92. The molecule has 0 saturated heterocycles. The normalized spacial score (nSPS) is 11.2. The Hall–Kier alpha value is -3.22. The number of nitrogens with one attached hydrogen (secondary N) is 1. The average Bonchev–Trinajstić information content (AvgIpc) is 2.80. The van der Waals surface area contributed by atoms with E-state index in [1.165, 1.54) is 18.2 Å². The molecule has 3 rings (SSSR count). The van der Waals surface area contributed by atoms with Crippen LogP contribution in [0.4, 0.5) is 10.1 Å². The topological polar surface area (TPSA) is 75.4 Å². The molecule has 0 saturated carbocycles. The predicted octanol–water partition coefficient (Wildman–Crippen LogP) is 5.36. The minimum absolute atomic E-state index is 0.173. The lowest BCUT2D eigenvalue weighted by Gasteiger charge is -2.32. The molecule has 0 bridgehead atoms. The van der Waals surface area contributed by atoms with Crippen LogP contribution in [-0.2, 0) is 6.54 Å². The minimum Gasteiger partial charge on any atom is -0.334 e. The highest BCUT2D eigenvalue weighted by molar-refractivity contribution is 6.31. The molecule has 7 heteroatoms. The molecule has 5 nitrogen and oxygen atoms in total. The Kier molecular flexibility index (Phi) is 7.84. The van der Waals surface area contributed by atoms with E-state index in [0.717, 1.165) is 0 Å². The van der Waals surface area contributed by atoms with Gasteiger partial charge < -0.3 is 16.0 Å². The van der Waals surface area contributed by atoms with Crippen molar-refractivity contribution in [1.29, 1.82) is 0 Å². The maximum atomic E-state index is 13.7. The second-order valence-corrected chi connectivity index (χ2v) is 9.07. The third-order valence-electron chi connectivity index (χ3n) is 5.23. The number of hydrogen-bond acceptors (Lipinski definition) is 3. The lowest BCUT2D eigenvalue weighted by Crippen LogP contribution is -2.41. The van der Waals surface area contributed by atoms with Gasteiger partial charge in [0.15, 0.2) is 0 Å². The van der Waals surface area contributed by atoms with Crippen molar-refractivity contribution in [2.45, 2.75) is 20.4 Å². The fourth-order valence-electron chi connectivity index (χ4n) is 3.36. The van der Waals surface area contributed by atoms with Gasteiger partial charge in [-0.05, 0) is 66.1 Å². The molecule has 172 valence electrons. The van der Waals surface area contributed by atoms with Crippen LogP contribution in [0.1, 0.15) is 40.1 Å². The van der Waals surface area contributed by atoms with Crippen LogP contribution < -0.4 is 11.1 Å². The molecule has 2 amide bonds. The van der Waals surface area contributed by atoms with Gasteiger partial charge in [-0.15, -0.1) is 0 Å². The minimum atomic E-state index is -0.484. The van der Waals surface area contributed by atoms with E-state index in [1.54, 1.807) is 53.4 Å². The number of nitrogens with zero attached hydrogens (tertiary/aromatic N) is 1. The van der Waals surface area contributed by atoms with E-state index < -0.39 is 5.82 Å². The van der Waals surface area contributed by atoms with Crippen LogP contribution >= 0.6 is 11.6 Å². The molecular weight excluding hydrogens is 441 g/mol. The van der Waals surface area contributed by atoms with Gasteiger partial charge in [0.05, 0.1) is 0 Å². The maximum Gasteiger partial charge on any atom is 0.255 e. The van der Waals surface area contributed by atoms with Crippen LogP contribution in [0.5, 0.6) is 0 Å². The van der Waals surface area contributed by atoms with Crippen LogP contribution in [0.3, 0.4) is 0 Å². The summed E-state index contributed by atoms with van der Waals surface area (Å²) < 4.78 is 13.7. The fourth-order valence-corrected chi connectivity index (χ4v) is 3.53. The molecule has 0 fully saturated rings. The van der Waals surface area contributed by atoms with Crippen molar-refractivity contribution in [3.63, 3.8) is 0 Å². The van der Waals surface area contributed by atoms with Gasteiger partial charge in [0.2, 0.25) is 0 Å². The van der Waals surface area contributed by atoms with E-state index in [0.29, 0.717) is 34.9 Å². The van der Waals surface area contributed by atoms with Gasteiger partial charge in [-0.1, -0.05) is 49.7 Å². The highest BCUT2D eigenvalue weighted by atomic mass is 35.5. The summed E-state index contributed by atoms with van der Waals surface area (Å²) in [5.74, 6) is -1.06. The molecule has 0 atom stereocenters. The Bertz CT molecular complexity index is 1140. The molecule has 0 unspecified atom stereocenters. The first-order valence-corrected chi connectivity index (χ1v) is 11.0. The Labute approximate surface area is 198 Å². The molecule has 33 heavy (non-hydrogen) atoms. The first kappa shape index (κ1) is 24.4. The number of hydrogen-bond donors (Lipinski definition) is 2. The standard InChI is InChI=1S/C26H27ClFN3O2/c1-26(2,16-29)17-31(25(33)19-9-6-10-21(28)13-19)15-20-14-22(11-12-23(20)27)30-24(32)18-7-4-3-5-8-18/h3-14H,15-17,29H2,1-2H3,(H,30,32). The van der Waals surface area contributed by atoms with Gasteiger partial charge in [0, 0.05) is 34.9 Å². The summed E-state index contributed by atoms with van der Waals surface area (Å²) in [6.45, 7) is 4.79. The average molecular weight is 468 g/mol. The zero-order chi connectivity index (χ0) is 24.0. The number of amides is 2. The summed E-state index contributed by atoms with van der Waals surface area (Å²) in [4.78, 5) is 27.4. The number of benzene rings is 3. The highest BCUT2D eigenvalue weighted by Gasteiger charge is 2.26. The van der Waals surface area contributed by atoms with Crippen LogP contribution in [0.25, 0.3) is 0 Å². The molecule has 0 spiro atoms. The van der Waals surface area contributed by atoms with E-state index in [9.17, 15) is 14.0 Å². The molecule has 0 aliphatic rings. The van der Waals surface area contributed by atoms with Gasteiger partial charge in [0.1, 0.15) is 5.82 Å². The van der Waals surface area contributed by atoms with Crippen molar-refractivity contribution < 1.29 is 14.0 Å². The lowest BCUT2D eigenvalue weighted by molar-refractivity contribution is 0.0672. The number of nitrogens with two attached hydrogens (primary N) is 1. The number of halogens is 2. The van der Waals surface area contributed by atoms with Crippen molar-refractivity contribution in [3.8, 4) is 0 Å². The van der Waals surface area contributed by atoms with Gasteiger partial charge in [0.25, 0.3) is 11.8 Å². The summed E-state index contributed by atoms with van der Waals surface area (Å²) in [7, 11) is 0. The smallest absolute Gasteiger partial charge is 0.255 e. The Balaban J connectivity index is 1.87. The molecule has 0 aliphatic carbocycles. The zero-order valence-electron chi connectivity index (χ0n) is 18.6. The van der Waals surface area contributed by atoms with Crippen molar-refractivity contribution in [2.75, 3.05) is 18.4 Å². The van der Waals surface area contributed by atoms with Crippen molar-refractivity contribution >= 4 is 29.1 Å². The number of carbonyl (C=O) groups is 2. The second kappa shape index (κ2) is 10.6. The highest BCUT2D eigenvalue weighted by Crippen LogP contribution is 2.26. The summed E-state index contributed by atoms with van der Waals surface area (Å²) >= 11 is 6.44. The van der Waals surface area contributed by atoms with Gasteiger partial charge in [-0.3, -0.25) is 9.59 Å². The molecule has 0 radical (unpaired) electrons. The predicted molar refractivity (Wildman–Crippen MR) is 130 cm³/mol. The van der Waals surface area contributed by atoms with Gasteiger partial charge in [-0.2, -0.15) is 0 Å². The summed E-state index contributed by atoms with van der Waals surface area (Å²) in [6.07, 6.45) is 0. The largest absolute Gasteiger partial charge is 0.334 e. The number of carbonyl (C=O) groups excluding carboxylic acids is 2. The first-order valence-electron chi connectivity index (χ1n) is 10.6. The second-order valence-electron chi connectivity index (χ2n) is 8.67. The number of anilines is 1. The van der Waals surface area contributed by atoms with E-state index >= 15 is 0 Å². The van der Waals surface area contributed by atoms with Crippen molar-refractivity contribution in [1.82, 2.24) is 4.90 Å². The molecular formula is C26H27ClFN3O2. The Morgan fingerprint density at radius 2 is 1.70 bits per heavy atom. The Morgan fingerprint density at radius 1 is 1.00 bits per heavy atom. The van der Waals surface area contributed by atoms with E-state index in [2.05, 4.69) is 5.32 Å². The van der Waals surface area contributed by atoms with E-state index in [4.69, 9.17) is 17.3 Å². The molecule has 3 aromatic carbocycles. The number of rotatable bonds is 8. The summed E-state index contributed by atoms with van der Waals surface area (Å²) in [5, 5.41) is 3.31. The van der Waals surface area contributed by atoms with Crippen LogP contribution in [0, 0.1) is 11.2 Å². The van der Waals surface area contributed by atoms with Crippen LogP contribution in [0.2, 0.25) is 5.02 Å². The molecule has 3 aromatic rings. The SMILES string of the molecule is CC(C)(CN)CN(Cc1cc(NC(=O)c2ccccc2)ccc1Cl)C(=O)c1cccc(F)c1. The van der Waals surface area contributed by atoms with E-state index in [1.807, 2.05) is 19.9 Å². The van der Waals surface area contributed by atoms with Crippen molar-refractivity contribution in [2.24, 2.45) is 11.1 Å². The van der Waals surface area contributed by atoms with Crippen LogP contribution in [-0.4, -0.2) is 29.8 Å². The monoisotopic (exact) mass is 467 g/mol. The maximum absolute atomic E-state index is 13.7. The molecule has 0 aliphatic heterocycles. The third kappa shape index (κ3) is 6.63. The first-order chi connectivity index (χ1) is 15.7. The summed E-state index contributed by atoms with van der Waals surface area (Å²) in [5.41, 5.74) is 7.52. The van der Waals surface area contributed by atoms with Crippen LogP contribution in [0.15, 0.2) is 72.8 Å². The molecule has 3 N–H and O–H groups in total. The van der Waals surface area contributed by atoms with Gasteiger partial charge in [-0.25, -0.2) is 4.39 Å². The quantitative estimate of drug-likeness (QED) is 0.468. The van der Waals surface area contributed by atoms with Crippen molar-refractivity contribution in [3.05, 3.63) is 100 Å². The van der Waals surface area contributed by atoms with Gasteiger partial charge >= 0.3 is 0 Å². The Morgan fingerprint density at radius 3 is 2.36 bits per heavy atom.